The number of carboxylic acid groups (broad SMARTS) is 1. The van der Waals surface area contributed by atoms with Crippen molar-refractivity contribution in [2.24, 2.45) is 0 Å². The van der Waals surface area contributed by atoms with Crippen LogP contribution in [-0.4, -0.2) is 23.6 Å². The highest BCUT2D eigenvalue weighted by atomic mass is 16.7. The molecule has 1 amide bonds. The van der Waals surface area contributed by atoms with Crippen LogP contribution in [0.1, 0.15) is 21.5 Å². The summed E-state index contributed by atoms with van der Waals surface area (Å²) in [7, 11) is 0. The van der Waals surface area contributed by atoms with Gasteiger partial charge in [0.05, 0.1) is 13.2 Å². The zero-order chi connectivity index (χ0) is 12.3. The summed E-state index contributed by atoms with van der Waals surface area (Å²) in [6, 6.07) is 5.17. The molecule has 0 spiro atoms. The molecular formula is C11H11NO5. The molecule has 6 nitrogen and oxygen atoms in total. The molecular weight excluding hydrogens is 226 g/mol. The van der Waals surface area contributed by atoms with E-state index < -0.39 is 18.5 Å². The summed E-state index contributed by atoms with van der Waals surface area (Å²) in [6.07, 6.45) is 0. The second-order valence-corrected chi connectivity index (χ2v) is 3.59. The molecule has 0 atom stereocenters. The lowest BCUT2D eigenvalue weighted by atomic mass is 10.1. The number of carbonyl (C=O) groups is 2. The maximum Gasteiger partial charge on any atom is 0.332 e. The van der Waals surface area contributed by atoms with Crippen LogP contribution in [0.2, 0.25) is 0 Å². The van der Waals surface area contributed by atoms with E-state index in [1.54, 1.807) is 12.1 Å². The molecule has 6 heteroatoms. The third-order valence-corrected chi connectivity index (χ3v) is 2.34. The fraction of sp³-hybridized carbons (Fsp3) is 0.273. The Kier molecular flexibility index (Phi) is 3.36. The van der Waals surface area contributed by atoms with Crippen LogP contribution in [0.3, 0.4) is 0 Å². The van der Waals surface area contributed by atoms with Gasteiger partial charge in [-0.05, 0) is 23.3 Å². The Morgan fingerprint density at radius 1 is 1.35 bits per heavy atom. The molecule has 0 unspecified atom stereocenters. The number of carboxylic acids is 1. The molecule has 2 rings (SSSR count). The van der Waals surface area contributed by atoms with E-state index in [9.17, 15) is 9.59 Å². The van der Waals surface area contributed by atoms with Gasteiger partial charge in [0, 0.05) is 5.56 Å². The lowest BCUT2D eigenvalue weighted by Gasteiger charge is -2.05. The summed E-state index contributed by atoms with van der Waals surface area (Å²) in [4.78, 5) is 26.2. The molecule has 1 aliphatic rings. The minimum atomic E-state index is -1.15. The number of nitrogens with one attached hydrogen (secondary N) is 1. The molecule has 1 aromatic rings. The number of amides is 1. The fourth-order valence-corrected chi connectivity index (χ4v) is 1.54. The Bertz CT molecular complexity index is 457. The normalized spacial score (nSPS) is 13.2. The zero-order valence-electron chi connectivity index (χ0n) is 8.93. The number of fused-ring (bicyclic) bond motifs is 1. The third-order valence-electron chi connectivity index (χ3n) is 2.34. The minimum Gasteiger partial charge on any atom is -0.479 e. The average molecular weight is 237 g/mol. The average Bonchev–Trinajstić information content (AvgIpc) is 2.75. The van der Waals surface area contributed by atoms with Crippen molar-refractivity contribution >= 4 is 11.9 Å². The van der Waals surface area contributed by atoms with Crippen LogP contribution >= 0.6 is 0 Å². The van der Waals surface area contributed by atoms with Crippen molar-refractivity contribution in [3.05, 3.63) is 34.9 Å². The highest BCUT2D eigenvalue weighted by molar-refractivity contribution is 5.93. The molecule has 17 heavy (non-hydrogen) atoms. The van der Waals surface area contributed by atoms with Crippen molar-refractivity contribution < 1.29 is 24.3 Å². The minimum absolute atomic E-state index is 0.416. The van der Waals surface area contributed by atoms with E-state index in [1.807, 2.05) is 6.07 Å². The van der Waals surface area contributed by atoms with Crippen molar-refractivity contribution in [2.45, 2.75) is 13.2 Å². The molecule has 1 heterocycles. The number of ether oxygens (including phenoxy) is 1. The molecule has 0 aromatic heterocycles. The van der Waals surface area contributed by atoms with Crippen molar-refractivity contribution in [1.82, 2.24) is 5.48 Å². The number of aliphatic carboxylic acids is 1. The first-order valence-corrected chi connectivity index (χ1v) is 5.00. The Morgan fingerprint density at radius 3 is 2.88 bits per heavy atom. The van der Waals surface area contributed by atoms with E-state index in [-0.39, 0.29) is 0 Å². The topological polar surface area (TPSA) is 84.9 Å². The lowest BCUT2D eigenvalue weighted by Crippen LogP contribution is -2.26. The summed E-state index contributed by atoms with van der Waals surface area (Å²) < 4.78 is 5.22. The van der Waals surface area contributed by atoms with Crippen molar-refractivity contribution in [3.63, 3.8) is 0 Å². The number of carbonyl (C=O) groups excluding carboxylic acids is 1. The summed E-state index contributed by atoms with van der Waals surface area (Å²) >= 11 is 0. The summed E-state index contributed by atoms with van der Waals surface area (Å²) in [5, 5.41) is 8.33. The summed E-state index contributed by atoms with van der Waals surface area (Å²) in [5.74, 6) is -1.62. The standard InChI is InChI=1S/C11H11NO5/c13-10(14)6-17-12-11(15)7-1-2-8-4-16-5-9(8)3-7/h1-3H,4-6H2,(H,12,15)(H,13,14). The predicted molar refractivity (Wildman–Crippen MR) is 56.0 cm³/mol. The van der Waals surface area contributed by atoms with Gasteiger partial charge in [-0.2, -0.15) is 0 Å². The van der Waals surface area contributed by atoms with Crippen LogP contribution in [0.15, 0.2) is 18.2 Å². The molecule has 0 bridgehead atoms. The summed E-state index contributed by atoms with van der Waals surface area (Å²) in [5.41, 5.74) is 4.51. The van der Waals surface area contributed by atoms with Gasteiger partial charge in [-0.15, -0.1) is 0 Å². The van der Waals surface area contributed by atoms with Crippen molar-refractivity contribution in [1.29, 1.82) is 0 Å². The molecule has 0 saturated heterocycles. The van der Waals surface area contributed by atoms with E-state index >= 15 is 0 Å². The molecule has 1 aliphatic heterocycles. The maximum atomic E-state index is 11.6. The fourth-order valence-electron chi connectivity index (χ4n) is 1.54. The van der Waals surface area contributed by atoms with Crippen molar-refractivity contribution in [3.8, 4) is 0 Å². The maximum absolute atomic E-state index is 11.6. The number of hydrogen-bond donors (Lipinski definition) is 2. The number of rotatable bonds is 4. The number of benzene rings is 1. The first kappa shape index (κ1) is 11.6. The van der Waals surface area contributed by atoms with Crippen LogP contribution in [0, 0.1) is 0 Å². The van der Waals surface area contributed by atoms with E-state index in [4.69, 9.17) is 9.84 Å². The van der Waals surface area contributed by atoms with Gasteiger partial charge in [0.2, 0.25) is 0 Å². The highest BCUT2D eigenvalue weighted by Gasteiger charge is 2.14. The highest BCUT2D eigenvalue weighted by Crippen LogP contribution is 2.20. The smallest absolute Gasteiger partial charge is 0.332 e. The van der Waals surface area contributed by atoms with Gasteiger partial charge in [-0.25, -0.2) is 10.3 Å². The van der Waals surface area contributed by atoms with E-state index in [0.717, 1.165) is 11.1 Å². The first-order valence-electron chi connectivity index (χ1n) is 5.00. The molecule has 1 aromatic carbocycles. The quantitative estimate of drug-likeness (QED) is 0.743. The molecule has 0 fully saturated rings. The Balaban J connectivity index is 1.97. The van der Waals surface area contributed by atoms with Gasteiger partial charge in [-0.1, -0.05) is 6.07 Å². The summed E-state index contributed by atoms with van der Waals surface area (Å²) in [6.45, 7) is 0.485. The van der Waals surface area contributed by atoms with Gasteiger partial charge < -0.3 is 9.84 Å². The van der Waals surface area contributed by atoms with Crippen LogP contribution in [-0.2, 0) is 27.6 Å². The van der Waals surface area contributed by atoms with Crippen LogP contribution < -0.4 is 5.48 Å². The van der Waals surface area contributed by atoms with E-state index in [1.165, 1.54) is 0 Å². The van der Waals surface area contributed by atoms with E-state index in [0.29, 0.717) is 18.8 Å². The largest absolute Gasteiger partial charge is 0.479 e. The number of hydroxylamine groups is 1. The monoisotopic (exact) mass is 237 g/mol. The molecule has 0 saturated carbocycles. The van der Waals surface area contributed by atoms with Crippen molar-refractivity contribution in [2.75, 3.05) is 6.61 Å². The Labute approximate surface area is 97.1 Å². The predicted octanol–water partition coefficient (Wildman–Crippen LogP) is 0.463. The molecule has 0 aliphatic carbocycles. The van der Waals surface area contributed by atoms with Gasteiger partial charge in [0.25, 0.3) is 5.91 Å². The zero-order valence-corrected chi connectivity index (χ0v) is 8.93. The van der Waals surface area contributed by atoms with Gasteiger partial charge in [0.15, 0.2) is 6.61 Å². The van der Waals surface area contributed by atoms with E-state index in [2.05, 4.69) is 10.3 Å². The van der Waals surface area contributed by atoms with Gasteiger partial charge >= 0.3 is 5.97 Å². The van der Waals surface area contributed by atoms with Gasteiger partial charge in [0.1, 0.15) is 0 Å². The second kappa shape index (κ2) is 4.94. The first-order chi connectivity index (χ1) is 8.16. The third kappa shape index (κ3) is 2.80. The Morgan fingerprint density at radius 2 is 2.12 bits per heavy atom. The molecule has 0 radical (unpaired) electrons. The van der Waals surface area contributed by atoms with Crippen LogP contribution in [0.25, 0.3) is 0 Å². The van der Waals surface area contributed by atoms with Crippen LogP contribution in [0.5, 0.6) is 0 Å². The molecule has 90 valence electrons. The van der Waals surface area contributed by atoms with Crippen LogP contribution in [0.4, 0.5) is 0 Å². The Hall–Kier alpha value is -1.92. The van der Waals surface area contributed by atoms with Gasteiger partial charge in [-0.3, -0.25) is 9.63 Å². The second-order valence-electron chi connectivity index (χ2n) is 3.59. The lowest BCUT2D eigenvalue weighted by molar-refractivity contribution is -0.144. The number of hydrogen-bond acceptors (Lipinski definition) is 4. The SMILES string of the molecule is O=C(O)CONC(=O)c1ccc2c(c1)COC2. The molecule has 2 N–H and O–H groups in total.